The number of halogens is 1. The largest absolute Gasteiger partial charge is 0.486 e. The van der Waals surface area contributed by atoms with E-state index in [2.05, 4.69) is 4.98 Å². The number of nitriles is 2. The van der Waals surface area contributed by atoms with Gasteiger partial charge >= 0.3 is 5.97 Å². The van der Waals surface area contributed by atoms with Gasteiger partial charge in [0.15, 0.2) is 6.61 Å². The molecule has 10 heteroatoms. The molecule has 0 aliphatic heterocycles. The normalized spacial score (nSPS) is 9.97. The predicted molar refractivity (Wildman–Crippen MR) is 105 cm³/mol. The van der Waals surface area contributed by atoms with Crippen molar-refractivity contribution in [1.82, 2.24) is 9.88 Å². The van der Waals surface area contributed by atoms with Gasteiger partial charge in [0.25, 0.3) is 5.91 Å². The van der Waals surface area contributed by atoms with Crippen LogP contribution in [0.2, 0.25) is 0 Å². The summed E-state index contributed by atoms with van der Waals surface area (Å²) in [5, 5.41) is 19.6. The fraction of sp³-hybridized carbons (Fsp3) is 0.350. The highest BCUT2D eigenvalue weighted by Gasteiger charge is 2.16. The maximum atomic E-state index is 12.9. The van der Waals surface area contributed by atoms with E-state index in [1.165, 1.54) is 40.5 Å². The first-order valence-corrected chi connectivity index (χ1v) is 9.88. The van der Waals surface area contributed by atoms with Crippen LogP contribution in [0.3, 0.4) is 0 Å². The van der Waals surface area contributed by atoms with Gasteiger partial charge in [-0.15, -0.1) is 11.3 Å². The Bertz CT molecular complexity index is 916. The van der Waals surface area contributed by atoms with E-state index in [1.807, 2.05) is 12.1 Å². The second-order valence-electron chi connectivity index (χ2n) is 6.01. The Hall–Kier alpha value is -3.50. The molecule has 2 rings (SSSR count). The Morgan fingerprint density at radius 2 is 1.80 bits per heavy atom. The minimum atomic E-state index is -0.611. The third kappa shape index (κ3) is 7.86. The number of amides is 1. The second kappa shape index (κ2) is 12.1. The van der Waals surface area contributed by atoms with Crippen LogP contribution in [0.4, 0.5) is 4.39 Å². The molecule has 1 heterocycles. The fourth-order valence-corrected chi connectivity index (χ4v) is 3.04. The highest BCUT2D eigenvalue weighted by molar-refractivity contribution is 7.09. The van der Waals surface area contributed by atoms with Gasteiger partial charge in [-0.3, -0.25) is 9.59 Å². The van der Waals surface area contributed by atoms with Crippen LogP contribution in [0.15, 0.2) is 29.6 Å². The van der Waals surface area contributed by atoms with Gasteiger partial charge in [0.1, 0.15) is 23.2 Å². The van der Waals surface area contributed by atoms with E-state index in [0.29, 0.717) is 16.5 Å². The van der Waals surface area contributed by atoms with Crippen LogP contribution in [0.1, 0.15) is 23.5 Å². The average molecular weight is 430 g/mol. The van der Waals surface area contributed by atoms with Crippen molar-refractivity contribution in [2.45, 2.75) is 25.9 Å². The monoisotopic (exact) mass is 430 g/mol. The lowest BCUT2D eigenvalue weighted by molar-refractivity contribution is -0.151. The molecule has 1 aromatic heterocycles. The molecule has 0 aliphatic carbocycles. The van der Waals surface area contributed by atoms with Crippen molar-refractivity contribution >= 4 is 23.2 Å². The Balaban J connectivity index is 1.77. The molecule has 0 unspecified atom stereocenters. The number of aromatic nitrogens is 1. The van der Waals surface area contributed by atoms with E-state index in [1.54, 1.807) is 5.38 Å². The molecule has 1 amide bonds. The second-order valence-corrected chi connectivity index (χ2v) is 6.95. The number of hydrogen-bond acceptors (Lipinski definition) is 8. The summed E-state index contributed by atoms with van der Waals surface area (Å²) in [6.07, 6.45) is 0.163. The topological polar surface area (TPSA) is 116 Å². The SMILES string of the molecule is N#CCCN(CCC#N)C(=O)COC(=O)Cc1csc(COc2ccc(F)cc2)n1. The summed E-state index contributed by atoms with van der Waals surface area (Å²) in [6.45, 7) is 0.0765. The van der Waals surface area contributed by atoms with Crippen LogP contribution in [-0.4, -0.2) is 41.5 Å². The average Bonchev–Trinajstić information content (AvgIpc) is 3.19. The van der Waals surface area contributed by atoms with Crippen molar-refractivity contribution in [2.24, 2.45) is 0 Å². The van der Waals surface area contributed by atoms with Gasteiger partial charge in [0, 0.05) is 18.5 Å². The number of nitrogens with zero attached hydrogens (tertiary/aromatic N) is 4. The number of hydrogen-bond donors (Lipinski definition) is 0. The molecule has 8 nitrogen and oxygen atoms in total. The minimum absolute atomic E-state index is 0.100. The van der Waals surface area contributed by atoms with E-state index in [9.17, 15) is 14.0 Å². The quantitative estimate of drug-likeness (QED) is 0.503. The molecule has 0 spiro atoms. The van der Waals surface area contributed by atoms with Crippen LogP contribution >= 0.6 is 11.3 Å². The molecule has 0 saturated carbocycles. The number of esters is 1. The maximum absolute atomic E-state index is 12.9. The van der Waals surface area contributed by atoms with Crippen molar-refractivity contribution in [3.8, 4) is 17.9 Å². The van der Waals surface area contributed by atoms with Gasteiger partial charge in [-0.05, 0) is 24.3 Å². The summed E-state index contributed by atoms with van der Waals surface area (Å²) in [6, 6.07) is 9.47. The van der Waals surface area contributed by atoms with Crippen LogP contribution in [0, 0.1) is 28.5 Å². The Labute approximate surface area is 177 Å². The highest BCUT2D eigenvalue weighted by atomic mass is 32.1. The number of carbonyl (C=O) groups is 2. The standard InChI is InChI=1S/C20H19FN4O4S/c21-15-3-5-17(6-4-15)28-12-18-24-16(14-30-18)11-20(27)29-13-19(26)25(9-1-7-22)10-2-8-23/h3-6,14H,1-2,9-13H2. The van der Waals surface area contributed by atoms with Crippen molar-refractivity contribution in [2.75, 3.05) is 19.7 Å². The molecule has 0 fully saturated rings. The van der Waals surface area contributed by atoms with Gasteiger partial charge in [0.2, 0.25) is 0 Å². The van der Waals surface area contributed by atoms with E-state index in [4.69, 9.17) is 20.0 Å². The molecule has 30 heavy (non-hydrogen) atoms. The van der Waals surface area contributed by atoms with Crippen LogP contribution in [0.5, 0.6) is 5.75 Å². The Morgan fingerprint density at radius 1 is 1.13 bits per heavy atom. The Morgan fingerprint density at radius 3 is 2.43 bits per heavy atom. The highest BCUT2D eigenvalue weighted by Crippen LogP contribution is 2.16. The molecule has 0 aliphatic rings. The minimum Gasteiger partial charge on any atom is -0.486 e. The molecule has 0 atom stereocenters. The van der Waals surface area contributed by atoms with Crippen molar-refractivity contribution in [1.29, 1.82) is 10.5 Å². The zero-order chi connectivity index (χ0) is 21.8. The first-order chi connectivity index (χ1) is 14.5. The number of thiazole rings is 1. The first-order valence-electron chi connectivity index (χ1n) is 9.00. The number of rotatable bonds is 11. The number of carbonyl (C=O) groups excluding carboxylic acids is 2. The van der Waals surface area contributed by atoms with Crippen molar-refractivity contribution in [3.05, 3.63) is 46.2 Å². The van der Waals surface area contributed by atoms with E-state index in [0.717, 1.165) is 0 Å². The molecule has 1 aromatic carbocycles. The van der Waals surface area contributed by atoms with Gasteiger partial charge in [-0.25, -0.2) is 9.37 Å². The van der Waals surface area contributed by atoms with Crippen LogP contribution in [-0.2, 0) is 27.4 Å². The molecule has 0 bridgehead atoms. The Kier molecular flexibility index (Phi) is 9.22. The summed E-state index contributed by atoms with van der Waals surface area (Å²) >= 11 is 1.31. The maximum Gasteiger partial charge on any atom is 0.312 e. The van der Waals surface area contributed by atoms with E-state index < -0.39 is 18.5 Å². The predicted octanol–water partition coefficient (Wildman–Crippen LogP) is 2.60. The molecular weight excluding hydrogens is 411 g/mol. The first kappa shape index (κ1) is 22.8. The fourth-order valence-electron chi connectivity index (χ4n) is 2.34. The molecule has 0 saturated heterocycles. The zero-order valence-corrected chi connectivity index (χ0v) is 16.9. The third-order valence-corrected chi connectivity index (χ3v) is 4.67. The van der Waals surface area contributed by atoms with Gasteiger partial charge < -0.3 is 14.4 Å². The molecule has 0 radical (unpaired) electrons. The lowest BCUT2D eigenvalue weighted by Crippen LogP contribution is -2.36. The summed E-state index contributed by atoms with van der Waals surface area (Å²) in [4.78, 5) is 29.7. The smallest absolute Gasteiger partial charge is 0.312 e. The lowest BCUT2D eigenvalue weighted by atomic mass is 10.3. The molecular formula is C20H19FN4O4S. The molecule has 156 valence electrons. The van der Waals surface area contributed by atoms with Crippen LogP contribution < -0.4 is 4.74 Å². The lowest BCUT2D eigenvalue weighted by Gasteiger charge is -2.19. The summed E-state index contributed by atoms with van der Waals surface area (Å²) in [7, 11) is 0. The molecule has 2 aromatic rings. The number of benzene rings is 1. The molecule has 0 N–H and O–H groups in total. The van der Waals surface area contributed by atoms with Gasteiger partial charge in [-0.1, -0.05) is 0 Å². The van der Waals surface area contributed by atoms with Crippen LogP contribution in [0.25, 0.3) is 0 Å². The van der Waals surface area contributed by atoms with E-state index in [-0.39, 0.29) is 44.8 Å². The van der Waals surface area contributed by atoms with Gasteiger partial charge in [0.05, 0.1) is 37.1 Å². The number of ether oxygens (including phenoxy) is 2. The van der Waals surface area contributed by atoms with Crippen molar-refractivity contribution < 1.29 is 23.5 Å². The zero-order valence-electron chi connectivity index (χ0n) is 16.0. The van der Waals surface area contributed by atoms with Gasteiger partial charge in [-0.2, -0.15) is 10.5 Å². The van der Waals surface area contributed by atoms with Crippen molar-refractivity contribution in [3.63, 3.8) is 0 Å². The summed E-state index contributed by atoms with van der Waals surface area (Å²) < 4.78 is 23.4. The third-order valence-electron chi connectivity index (χ3n) is 3.80. The summed E-state index contributed by atoms with van der Waals surface area (Å²) in [5.74, 6) is -0.918. The summed E-state index contributed by atoms with van der Waals surface area (Å²) in [5.41, 5.74) is 0.487. The van der Waals surface area contributed by atoms with E-state index >= 15 is 0 Å².